The standard InChI is InChI=1S/C49H34N2/c1-3-5-15-34(4-2)39-28-29-47-43(31-39)45-33-48-44(42-22-12-13-23-46(42)50(48)40-19-10-7-11-20-40)32-49(45)51(47)41-21-14-18-38(30-41)37-26-24-36(25-27-37)35-16-8-6-9-17-35/h1,4-33H,2H3/b15-5-,34-4+. The highest BCUT2D eigenvalue weighted by Gasteiger charge is 2.19. The first-order valence-corrected chi connectivity index (χ1v) is 17.3. The van der Waals surface area contributed by atoms with Gasteiger partial charge in [-0.2, -0.15) is 0 Å². The van der Waals surface area contributed by atoms with Crippen LogP contribution in [-0.2, 0) is 0 Å². The molecule has 0 atom stereocenters. The summed E-state index contributed by atoms with van der Waals surface area (Å²) in [6.07, 6.45) is 11.5. The van der Waals surface area contributed by atoms with Crippen molar-refractivity contribution in [2.45, 2.75) is 6.92 Å². The zero-order valence-electron chi connectivity index (χ0n) is 28.3. The highest BCUT2D eigenvalue weighted by atomic mass is 15.0. The van der Waals surface area contributed by atoms with E-state index in [4.69, 9.17) is 6.42 Å². The Morgan fingerprint density at radius 1 is 0.471 bits per heavy atom. The van der Waals surface area contributed by atoms with Gasteiger partial charge in [-0.15, -0.1) is 6.42 Å². The molecular formula is C49H34N2. The van der Waals surface area contributed by atoms with Gasteiger partial charge in [0.1, 0.15) is 0 Å². The number of fused-ring (bicyclic) bond motifs is 6. The van der Waals surface area contributed by atoms with Gasteiger partial charge in [0.05, 0.1) is 22.1 Å². The molecule has 0 amide bonds. The monoisotopic (exact) mass is 650 g/mol. The fourth-order valence-corrected chi connectivity index (χ4v) is 7.60. The molecule has 0 aliphatic carbocycles. The van der Waals surface area contributed by atoms with Gasteiger partial charge in [0.15, 0.2) is 0 Å². The van der Waals surface area contributed by atoms with Gasteiger partial charge in [-0.3, -0.25) is 0 Å². The Bertz CT molecular complexity index is 2840. The fourth-order valence-electron chi connectivity index (χ4n) is 7.60. The summed E-state index contributed by atoms with van der Waals surface area (Å²) in [5.41, 5.74) is 14.0. The molecule has 0 radical (unpaired) electrons. The summed E-state index contributed by atoms with van der Waals surface area (Å²) in [6, 6.07) is 59.3. The summed E-state index contributed by atoms with van der Waals surface area (Å²) in [5.74, 6) is 2.65. The Morgan fingerprint density at radius 3 is 1.75 bits per heavy atom. The van der Waals surface area contributed by atoms with Crippen LogP contribution in [0.5, 0.6) is 0 Å². The van der Waals surface area contributed by atoms with Crippen LogP contribution in [0.15, 0.2) is 182 Å². The number of hydrogen-bond acceptors (Lipinski definition) is 0. The molecule has 7 aromatic carbocycles. The van der Waals surface area contributed by atoms with Crippen molar-refractivity contribution in [3.63, 3.8) is 0 Å². The van der Waals surface area contributed by atoms with E-state index in [1.54, 1.807) is 6.08 Å². The molecule has 2 nitrogen and oxygen atoms in total. The molecule has 2 aromatic heterocycles. The summed E-state index contributed by atoms with van der Waals surface area (Å²) < 4.78 is 4.82. The molecule has 0 bridgehead atoms. The molecule has 0 saturated carbocycles. The quantitative estimate of drug-likeness (QED) is 0.125. The largest absolute Gasteiger partial charge is 0.309 e. The maximum Gasteiger partial charge on any atom is 0.0548 e. The number of terminal acetylenes is 1. The van der Waals surface area contributed by atoms with Gasteiger partial charge >= 0.3 is 0 Å². The molecule has 0 spiro atoms. The van der Waals surface area contributed by atoms with Crippen LogP contribution in [0.1, 0.15) is 12.5 Å². The lowest BCUT2D eigenvalue weighted by molar-refractivity contribution is 1.17. The average molecular weight is 651 g/mol. The number of para-hydroxylation sites is 2. The van der Waals surface area contributed by atoms with Crippen LogP contribution in [0, 0.1) is 12.3 Å². The first kappa shape index (κ1) is 30.3. The van der Waals surface area contributed by atoms with Crippen molar-refractivity contribution in [1.82, 2.24) is 9.13 Å². The summed E-state index contributed by atoms with van der Waals surface area (Å²) in [7, 11) is 0. The topological polar surface area (TPSA) is 9.86 Å². The molecule has 2 heterocycles. The molecule has 9 rings (SSSR count). The molecule has 2 heteroatoms. The van der Waals surface area contributed by atoms with Crippen molar-refractivity contribution in [3.8, 4) is 46.0 Å². The van der Waals surface area contributed by atoms with E-state index in [0.29, 0.717) is 0 Å². The first-order chi connectivity index (χ1) is 25.2. The normalized spacial score (nSPS) is 12.0. The maximum atomic E-state index is 5.61. The van der Waals surface area contributed by atoms with E-state index in [0.717, 1.165) is 28.0 Å². The molecule has 0 fully saturated rings. The van der Waals surface area contributed by atoms with Gasteiger partial charge in [-0.25, -0.2) is 0 Å². The van der Waals surface area contributed by atoms with Crippen molar-refractivity contribution in [2.75, 3.05) is 0 Å². The Balaban J connectivity index is 1.30. The van der Waals surface area contributed by atoms with E-state index in [1.807, 2.05) is 6.08 Å². The average Bonchev–Trinajstić information content (AvgIpc) is 3.69. The van der Waals surface area contributed by atoms with Gasteiger partial charge in [0.2, 0.25) is 0 Å². The van der Waals surface area contributed by atoms with Crippen LogP contribution in [0.4, 0.5) is 0 Å². The SMILES string of the molecule is C#C/C=C\C(=C/C)c1ccc2c(c1)c1cc3c(cc1n2-c1cccc(-c2ccc(-c4ccccc4)cc2)c1)c1ccccc1n3-c1ccccc1. The molecule has 0 aliphatic heterocycles. The van der Waals surface area contributed by atoms with Crippen LogP contribution in [0.25, 0.3) is 82.8 Å². The van der Waals surface area contributed by atoms with Gasteiger partial charge in [-0.05, 0) is 107 Å². The number of aromatic nitrogens is 2. The minimum Gasteiger partial charge on any atom is -0.309 e. The highest BCUT2D eigenvalue weighted by molar-refractivity contribution is 6.19. The van der Waals surface area contributed by atoms with E-state index >= 15 is 0 Å². The van der Waals surface area contributed by atoms with Crippen LogP contribution in [-0.4, -0.2) is 9.13 Å². The lowest BCUT2D eigenvalue weighted by Crippen LogP contribution is -1.95. The third-order valence-corrected chi connectivity index (χ3v) is 10.0. The highest BCUT2D eigenvalue weighted by Crippen LogP contribution is 2.41. The Morgan fingerprint density at radius 2 is 1.02 bits per heavy atom. The second-order valence-electron chi connectivity index (χ2n) is 12.9. The summed E-state index contributed by atoms with van der Waals surface area (Å²) >= 11 is 0. The van der Waals surface area contributed by atoms with Crippen LogP contribution in [0.2, 0.25) is 0 Å². The third-order valence-electron chi connectivity index (χ3n) is 10.0. The predicted octanol–water partition coefficient (Wildman–Crippen LogP) is 12.8. The second-order valence-corrected chi connectivity index (χ2v) is 12.9. The molecule has 0 aliphatic rings. The van der Waals surface area contributed by atoms with E-state index < -0.39 is 0 Å². The lowest BCUT2D eigenvalue weighted by atomic mass is 10.00. The first-order valence-electron chi connectivity index (χ1n) is 17.3. The smallest absolute Gasteiger partial charge is 0.0548 e. The summed E-state index contributed by atoms with van der Waals surface area (Å²) in [4.78, 5) is 0. The molecule has 9 aromatic rings. The predicted molar refractivity (Wildman–Crippen MR) is 218 cm³/mol. The number of nitrogens with zero attached hydrogens (tertiary/aromatic N) is 2. The van der Waals surface area contributed by atoms with Crippen molar-refractivity contribution in [3.05, 3.63) is 188 Å². The van der Waals surface area contributed by atoms with Crippen LogP contribution in [0.3, 0.4) is 0 Å². The zero-order valence-corrected chi connectivity index (χ0v) is 28.3. The van der Waals surface area contributed by atoms with E-state index in [2.05, 4.69) is 192 Å². The number of benzene rings is 7. The number of rotatable bonds is 6. The lowest BCUT2D eigenvalue weighted by Gasteiger charge is -2.12. The Kier molecular flexibility index (Phi) is 7.46. The molecular weight excluding hydrogens is 617 g/mol. The zero-order chi connectivity index (χ0) is 34.3. The maximum absolute atomic E-state index is 5.61. The van der Waals surface area contributed by atoms with E-state index in [9.17, 15) is 0 Å². The number of allylic oxidation sites excluding steroid dienone is 4. The van der Waals surface area contributed by atoms with Crippen molar-refractivity contribution in [1.29, 1.82) is 0 Å². The van der Waals surface area contributed by atoms with Gasteiger partial charge in [-0.1, -0.05) is 121 Å². The fraction of sp³-hybridized carbons (Fsp3) is 0.0204. The minimum absolute atomic E-state index is 1.09. The minimum atomic E-state index is 1.09. The van der Waals surface area contributed by atoms with E-state index in [-0.39, 0.29) is 0 Å². The van der Waals surface area contributed by atoms with Gasteiger partial charge < -0.3 is 9.13 Å². The molecule has 240 valence electrons. The molecule has 0 unspecified atom stereocenters. The molecule has 0 saturated heterocycles. The third kappa shape index (κ3) is 5.16. The Labute approximate surface area is 297 Å². The summed E-state index contributed by atoms with van der Waals surface area (Å²) in [5, 5.41) is 4.86. The molecule has 0 N–H and O–H groups in total. The molecule has 51 heavy (non-hydrogen) atoms. The van der Waals surface area contributed by atoms with Crippen LogP contribution < -0.4 is 0 Å². The Hall–Kier alpha value is -6.82. The van der Waals surface area contributed by atoms with E-state index in [1.165, 1.54) is 60.3 Å². The van der Waals surface area contributed by atoms with Gasteiger partial charge in [0, 0.05) is 32.9 Å². The number of hydrogen-bond donors (Lipinski definition) is 0. The van der Waals surface area contributed by atoms with Crippen molar-refractivity contribution in [2.24, 2.45) is 0 Å². The van der Waals surface area contributed by atoms with Crippen molar-refractivity contribution >= 4 is 49.2 Å². The van der Waals surface area contributed by atoms with Gasteiger partial charge in [0.25, 0.3) is 0 Å². The second kappa shape index (κ2) is 12.6. The van der Waals surface area contributed by atoms with Crippen molar-refractivity contribution < 1.29 is 0 Å². The summed E-state index contributed by atoms with van der Waals surface area (Å²) in [6.45, 7) is 2.06. The van der Waals surface area contributed by atoms with Crippen LogP contribution >= 0.6 is 0 Å².